The fourth-order valence-electron chi connectivity index (χ4n) is 1.59. The molecule has 0 bridgehead atoms. The third-order valence-electron chi connectivity index (χ3n) is 2.36. The molecule has 0 aliphatic carbocycles. The zero-order valence-corrected chi connectivity index (χ0v) is 9.83. The average molecular weight is 206 g/mol. The summed E-state index contributed by atoms with van der Waals surface area (Å²) >= 11 is 0. The molecule has 15 heavy (non-hydrogen) atoms. The molecule has 0 saturated heterocycles. The Kier molecular flexibility index (Phi) is 3.89. The Bertz CT molecular complexity index is 356. The fourth-order valence-corrected chi connectivity index (χ4v) is 1.59. The molecule has 1 atom stereocenters. The van der Waals surface area contributed by atoms with Crippen LogP contribution in [0.5, 0.6) is 5.75 Å². The van der Waals surface area contributed by atoms with Gasteiger partial charge in [-0.25, -0.2) is 0 Å². The van der Waals surface area contributed by atoms with Gasteiger partial charge in [-0.15, -0.1) is 0 Å². The van der Waals surface area contributed by atoms with Crippen molar-refractivity contribution in [2.75, 3.05) is 0 Å². The summed E-state index contributed by atoms with van der Waals surface area (Å²) in [4.78, 5) is 11.2. The number of hydrogen-bond donors (Lipinski definition) is 0. The maximum absolute atomic E-state index is 11.2. The van der Waals surface area contributed by atoms with Crippen molar-refractivity contribution in [1.29, 1.82) is 0 Å². The Morgan fingerprint density at radius 1 is 1.33 bits per heavy atom. The molecule has 0 fully saturated rings. The highest BCUT2D eigenvalue weighted by molar-refractivity contribution is 5.77. The molecule has 0 amide bonds. The van der Waals surface area contributed by atoms with Gasteiger partial charge in [0.2, 0.25) is 0 Å². The van der Waals surface area contributed by atoms with E-state index in [1.165, 1.54) is 5.56 Å². The van der Waals surface area contributed by atoms with Gasteiger partial charge in [-0.3, -0.25) is 4.79 Å². The Morgan fingerprint density at radius 2 is 2.00 bits per heavy atom. The largest absolute Gasteiger partial charge is 0.426 e. The molecule has 2 heteroatoms. The van der Waals surface area contributed by atoms with Crippen LogP contribution in [0.1, 0.15) is 31.9 Å². The predicted molar refractivity (Wildman–Crippen MR) is 61.0 cm³/mol. The first-order valence-electron chi connectivity index (χ1n) is 5.48. The van der Waals surface area contributed by atoms with Crippen molar-refractivity contribution in [3.63, 3.8) is 0 Å². The van der Waals surface area contributed by atoms with Crippen LogP contribution in [-0.4, -0.2) is 5.97 Å². The second-order valence-electron chi connectivity index (χ2n) is 3.64. The van der Waals surface area contributed by atoms with E-state index < -0.39 is 0 Å². The SMILES string of the molecule is CC.Cc1ccc2c(c1)CC(C)C(=O)O2. The van der Waals surface area contributed by atoms with Crippen LogP contribution in [0.2, 0.25) is 0 Å². The van der Waals surface area contributed by atoms with E-state index in [2.05, 4.69) is 6.07 Å². The molecule has 1 aliphatic heterocycles. The Labute approximate surface area is 91.3 Å². The standard InChI is InChI=1S/C11H12O2.C2H6/c1-7-3-4-10-9(5-7)6-8(2)11(12)13-10;1-2/h3-5,8H,6H2,1-2H3;1-2H3. The van der Waals surface area contributed by atoms with Gasteiger partial charge in [-0.05, 0) is 25.0 Å². The predicted octanol–water partition coefficient (Wildman–Crippen LogP) is 3.12. The smallest absolute Gasteiger partial charge is 0.314 e. The lowest BCUT2D eigenvalue weighted by Crippen LogP contribution is -2.25. The highest BCUT2D eigenvalue weighted by Crippen LogP contribution is 2.28. The maximum Gasteiger partial charge on any atom is 0.314 e. The highest BCUT2D eigenvalue weighted by Gasteiger charge is 2.24. The normalized spacial score (nSPS) is 18.4. The molecule has 1 unspecified atom stereocenters. The van der Waals surface area contributed by atoms with Crippen molar-refractivity contribution >= 4 is 5.97 Å². The van der Waals surface area contributed by atoms with E-state index in [-0.39, 0.29) is 11.9 Å². The minimum atomic E-state index is -0.114. The molecular formula is C13H18O2. The molecule has 1 aromatic carbocycles. The van der Waals surface area contributed by atoms with Gasteiger partial charge in [0, 0.05) is 0 Å². The number of carbonyl (C=O) groups excluding carboxylic acids is 1. The Hall–Kier alpha value is -1.31. The van der Waals surface area contributed by atoms with Crippen LogP contribution < -0.4 is 4.74 Å². The Morgan fingerprint density at radius 3 is 2.67 bits per heavy atom. The quantitative estimate of drug-likeness (QED) is 0.481. The van der Waals surface area contributed by atoms with Crippen LogP contribution in [0.15, 0.2) is 18.2 Å². The molecular weight excluding hydrogens is 188 g/mol. The van der Waals surface area contributed by atoms with Crippen molar-refractivity contribution in [2.45, 2.75) is 34.1 Å². The van der Waals surface area contributed by atoms with Crippen molar-refractivity contribution in [2.24, 2.45) is 5.92 Å². The zero-order valence-electron chi connectivity index (χ0n) is 9.83. The van der Waals surface area contributed by atoms with E-state index >= 15 is 0 Å². The highest BCUT2D eigenvalue weighted by atomic mass is 16.5. The molecule has 1 aliphatic rings. The summed E-state index contributed by atoms with van der Waals surface area (Å²) in [5, 5.41) is 0. The molecule has 1 heterocycles. The molecule has 2 nitrogen and oxygen atoms in total. The summed E-state index contributed by atoms with van der Waals surface area (Å²) < 4.78 is 5.16. The van der Waals surface area contributed by atoms with E-state index in [4.69, 9.17) is 4.74 Å². The first kappa shape index (κ1) is 11.8. The lowest BCUT2D eigenvalue weighted by atomic mass is 9.96. The van der Waals surface area contributed by atoms with E-state index in [1.807, 2.05) is 39.8 Å². The van der Waals surface area contributed by atoms with Gasteiger partial charge in [-0.2, -0.15) is 0 Å². The summed E-state index contributed by atoms with van der Waals surface area (Å²) in [7, 11) is 0. The molecule has 0 spiro atoms. The minimum absolute atomic E-state index is 0.00528. The molecule has 0 saturated carbocycles. The lowest BCUT2D eigenvalue weighted by molar-refractivity contribution is -0.139. The van der Waals surface area contributed by atoms with Crippen LogP contribution in [0.25, 0.3) is 0 Å². The topological polar surface area (TPSA) is 26.3 Å². The number of rotatable bonds is 0. The fraction of sp³-hybridized carbons (Fsp3) is 0.462. The van der Waals surface area contributed by atoms with Crippen molar-refractivity contribution < 1.29 is 9.53 Å². The summed E-state index contributed by atoms with van der Waals surface area (Å²) in [5.74, 6) is 0.611. The molecule has 2 rings (SSSR count). The summed E-state index contributed by atoms with van der Waals surface area (Å²) in [6, 6.07) is 5.91. The van der Waals surface area contributed by atoms with Gasteiger partial charge in [-0.1, -0.05) is 38.5 Å². The number of benzene rings is 1. The van der Waals surface area contributed by atoms with Crippen LogP contribution in [-0.2, 0) is 11.2 Å². The summed E-state index contributed by atoms with van der Waals surface area (Å²) in [5.41, 5.74) is 2.36. The van der Waals surface area contributed by atoms with Crippen molar-refractivity contribution in [3.05, 3.63) is 29.3 Å². The van der Waals surface area contributed by atoms with Gasteiger partial charge in [0.15, 0.2) is 0 Å². The molecule has 1 aromatic rings. The maximum atomic E-state index is 11.2. The third-order valence-corrected chi connectivity index (χ3v) is 2.36. The van der Waals surface area contributed by atoms with E-state index in [1.54, 1.807) is 0 Å². The second-order valence-corrected chi connectivity index (χ2v) is 3.64. The number of carbonyl (C=O) groups is 1. The molecule has 82 valence electrons. The first-order valence-corrected chi connectivity index (χ1v) is 5.48. The molecule has 0 aromatic heterocycles. The Balaban J connectivity index is 0.000000531. The van der Waals surface area contributed by atoms with Crippen LogP contribution >= 0.6 is 0 Å². The zero-order chi connectivity index (χ0) is 11.4. The van der Waals surface area contributed by atoms with E-state index in [9.17, 15) is 4.79 Å². The third kappa shape index (κ3) is 2.58. The number of hydrogen-bond acceptors (Lipinski definition) is 2. The summed E-state index contributed by atoms with van der Waals surface area (Å²) in [6.07, 6.45) is 0.801. The van der Waals surface area contributed by atoms with Gasteiger partial charge in [0.25, 0.3) is 0 Å². The monoisotopic (exact) mass is 206 g/mol. The first-order chi connectivity index (χ1) is 7.16. The number of ether oxygens (including phenoxy) is 1. The van der Waals surface area contributed by atoms with E-state index in [0.29, 0.717) is 0 Å². The molecule has 0 N–H and O–H groups in total. The van der Waals surface area contributed by atoms with Crippen LogP contribution in [0.3, 0.4) is 0 Å². The number of esters is 1. The lowest BCUT2D eigenvalue weighted by Gasteiger charge is -2.20. The molecule has 0 radical (unpaired) electrons. The van der Waals surface area contributed by atoms with Gasteiger partial charge in [0.05, 0.1) is 5.92 Å². The van der Waals surface area contributed by atoms with Gasteiger partial charge in [0.1, 0.15) is 5.75 Å². The number of aryl methyl sites for hydroxylation is 1. The number of fused-ring (bicyclic) bond motifs is 1. The van der Waals surface area contributed by atoms with E-state index in [0.717, 1.165) is 17.7 Å². The average Bonchev–Trinajstić information content (AvgIpc) is 2.23. The summed E-state index contributed by atoms with van der Waals surface area (Å²) in [6.45, 7) is 7.94. The van der Waals surface area contributed by atoms with Crippen molar-refractivity contribution in [3.8, 4) is 5.75 Å². The van der Waals surface area contributed by atoms with Crippen LogP contribution in [0.4, 0.5) is 0 Å². The van der Waals surface area contributed by atoms with Gasteiger partial charge < -0.3 is 4.74 Å². The second kappa shape index (κ2) is 4.96. The minimum Gasteiger partial charge on any atom is -0.426 e. The van der Waals surface area contributed by atoms with Gasteiger partial charge >= 0.3 is 5.97 Å². The van der Waals surface area contributed by atoms with Crippen LogP contribution in [0, 0.1) is 12.8 Å². The van der Waals surface area contributed by atoms with Crippen molar-refractivity contribution in [1.82, 2.24) is 0 Å².